The van der Waals surface area contributed by atoms with Crippen molar-refractivity contribution in [3.05, 3.63) is 47.5 Å². The van der Waals surface area contributed by atoms with Gasteiger partial charge >= 0.3 is 0 Å². The third-order valence-corrected chi connectivity index (χ3v) is 6.26. The molecule has 1 saturated heterocycles. The zero-order valence-electron chi connectivity index (χ0n) is 14.5. The highest BCUT2D eigenvalue weighted by atomic mass is 32.2. The van der Waals surface area contributed by atoms with Gasteiger partial charge in [0.15, 0.2) is 0 Å². The minimum Gasteiger partial charge on any atom is -0.335 e. The van der Waals surface area contributed by atoms with Crippen molar-refractivity contribution in [2.24, 2.45) is 0 Å². The zero-order valence-corrected chi connectivity index (χ0v) is 15.3. The van der Waals surface area contributed by atoms with Crippen molar-refractivity contribution in [1.29, 1.82) is 0 Å². The molecule has 0 atom stereocenters. The lowest BCUT2D eigenvalue weighted by Crippen LogP contribution is -2.50. The third kappa shape index (κ3) is 3.78. The van der Waals surface area contributed by atoms with Gasteiger partial charge in [0.05, 0.1) is 4.90 Å². The van der Waals surface area contributed by atoms with E-state index in [1.807, 2.05) is 6.92 Å². The molecule has 0 spiro atoms. The number of rotatable bonds is 5. The molecule has 1 aromatic heterocycles. The van der Waals surface area contributed by atoms with Crippen molar-refractivity contribution in [3.63, 3.8) is 0 Å². The number of nitrogens with one attached hydrogen (secondary N) is 1. The second-order valence-electron chi connectivity index (χ2n) is 6.18. The Bertz CT molecular complexity index is 872. The lowest BCUT2D eigenvalue weighted by molar-refractivity contribution is 0.0692. The average Bonchev–Trinajstić information content (AvgIpc) is 3.10. The summed E-state index contributed by atoms with van der Waals surface area (Å²) in [6.07, 6.45) is 1.78. The fourth-order valence-corrected chi connectivity index (χ4v) is 4.34. The first-order valence-corrected chi connectivity index (χ1v) is 9.95. The van der Waals surface area contributed by atoms with E-state index in [0.29, 0.717) is 5.69 Å². The van der Waals surface area contributed by atoms with Gasteiger partial charge in [-0.15, -0.1) is 0 Å². The number of benzene rings is 1. The molecule has 1 aliphatic heterocycles. The third-order valence-electron chi connectivity index (χ3n) is 4.35. The highest BCUT2D eigenvalue weighted by Crippen LogP contribution is 2.19. The summed E-state index contributed by atoms with van der Waals surface area (Å²) in [6.45, 7) is 3.00. The summed E-state index contributed by atoms with van der Waals surface area (Å²) in [5.41, 5.74) is 1.26. The number of sulfonamides is 1. The molecule has 0 radical (unpaired) electrons. The SMILES string of the molecule is CCCc1cc(C(=O)N2CCN(S(=O)(=O)c3ccc(F)cc3)CC2)n[nH]1. The highest BCUT2D eigenvalue weighted by Gasteiger charge is 2.31. The molecular formula is C17H21FN4O3S. The molecule has 1 amide bonds. The monoisotopic (exact) mass is 380 g/mol. The van der Waals surface area contributed by atoms with Crippen molar-refractivity contribution in [3.8, 4) is 0 Å². The van der Waals surface area contributed by atoms with E-state index in [-0.39, 0.29) is 37.0 Å². The van der Waals surface area contributed by atoms with Gasteiger partial charge in [0.2, 0.25) is 10.0 Å². The van der Waals surface area contributed by atoms with Crippen LogP contribution in [0.25, 0.3) is 0 Å². The summed E-state index contributed by atoms with van der Waals surface area (Å²) < 4.78 is 39.5. The van der Waals surface area contributed by atoms with E-state index in [4.69, 9.17) is 0 Å². The number of hydrogen-bond donors (Lipinski definition) is 1. The van der Waals surface area contributed by atoms with Crippen molar-refractivity contribution >= 4 is 15.9 Å². The van der Waals surface area contributed by atoms with E-state index in [9.17, 15) is 17.6 Å². The molecule has 0 unspecified atom stereocenters. The van der Waals surface area contributed by atoms with Crippen molar-refractivity contribution in [1.82, 2.24) is 19.4 Å². The molecule has 0 saturated carbocycles. The molecule has 2 heterocycles. The minimum atomic E-state index is -3.69. The first kappa shape index (κ1) is 18.5. The van der Waals surface area contributed by atoms with Gasteiger partial charge in [-0.25, -0.2) is 12.8 Å². The lowest BCUT2D eigenvalue weighted by Gasteiger charge is -2.33. The number of aryl methyl sites for hydroxylation is 1. The second kappa shape index (κ2) is 7.55. The largest absolute Gasteiger partial charge is 0.335 e. The maximum Gasteiger partial charge on any atom is 0.274 e. The van der Waals surface area contributed by atoms with E-state index < -0.39 is 15.8 Å². The van der Waals surface area contributed by atoms with Crippen LogP contribution in [0.1, 0.15) is 29.5 Å². The maximum atomic E-state index is 13.0. The topological polar surface area (TPSA) is 86.4 Å². The maximum absolute atomic E-state index is 13.0. The number of carbonyl (C=O) groups excluding carboxylic acids is 1. The summed E-state index contributed by atoms with van der Waals surface area (Å²) >= 11 is 0. The smallest absolute Gasteiger partial charge is 0.274 e. The molecule has 0 bridgehead atoms. The van der Waals surface area contributed by atoms with E-state index in [1.54, 1.807) is 11.0 Å². The Hall–Kier alpha value is -2.26. The summed E-state index contributed by atoms with van der Waals surface area (Å²) in [7, 11) is -3.69. The van der Waals surface area contributed by atoms with Crippen LogP contribution in [0.15, 0.2) is 35.2 Å². The average molecular weight is 380 g/mol. The Morgan fingerprint density at radius 3 is 2.46 bits per heavy atom. The number of piperazine rings is 1. The summed E-state index contributed by atoms with van der Waals surface area (Å²) in [5, 5.41) is 6.90. The Balaban J connectivity index is 1.64. The molecule has 1 aromatic carbocycles. The Morgan fingerprint density at radius 2 is 1.85 bits per heavy atom. The van der Waals surface area contributed by atoms with Crippen molar-refractivity contribution < 1.29 is 17.6 Å². The Morgan fingerprint density at radius 1 is 1.19 bits per heavy atom. The number of aromatic nitrogens is 2. The quantitative estimate of drug-likeness (QED) is 0.855. The van der Waals surface area contributed by atoms with Crippen molar-refractivity contribution in [2.45, 2.75) is 24.7 Å². The number of H-pyrrole nitrogens is 1. The molecule has 3 rings (SSSR count). The van der Waals surface area contributed by atoms with Gasteiger partial charge in [-0.2, -0.15) is 9.40 Å². The number of amides is 1. The first-order valence-electron chi connectivity index (χ1n) is 8.51. The number of carbonyl (C=O) groups is 1. The van der Waals surface area contributed by atoms with E-state index in [2.05, 4.69) is 10.2 Å². The Labute approximate surface area is 151 Å². The van der Waals surface area contributed by atoms with Gasteiger partial charge in [0.1, 0.15) is 11.5 Å². The van der Waals surface area contributed by atoms with Crippen LogP contribution in [0, 0.1) is 5.82 Å². The van der Waals surface area contributed by atoms with Crippen molar-refractivity contribution in [2.75, 3.05) is 26.2 Å². The van der Waals surface area contributed by atoms with Gasteiger partial charge in [-0.05, 0) is 36.8 Å². The normalized spacial score (nSPS) is 16.0. The number of hydrogen-bond acceptors (Lipinski definition) is 4. The highest BCUT2D eigenvalue weighted by molar-refractivity contribution is 7.89. The van der Waals surface area contributed by atoms with Gasteiger partial charge < -0.3 is 4.90 Å². The lowest BCUT2D eigenvalue weighted by atomic mass is 10.2. The minimum absolute atomic E-state index is 0.0511. The van der Waals surface area contributed by atoms with Crippen LogP contribution in [0.4, 0.5) is 4.39 Å². The number of nitrogens with zero attached hydrogens (tertiary/aromatic N) is 3. The van der Waals surface area contributed by atoms with Crippen LogP contribution in [-0.2, 0) is 16.4 Å². The van der Waals surface area contributed by atoms with Crippen LogP contribution in [0.2, 0.25) is 0 Å². The summed E-state index contributed by atoms with van der Waals surface area (Å²) in [6, 6.07) is 6.49. The van der Waals surface area contributed by atoms with Crippen LogP contribution in [0.3, 0.4) is 0 Å². The van der Waals surface area contributed by atoms with E-state index in [0.717, 1.165) is 30.7 Å². The van der Waals surface area contributed by atoms with Gasteiger partial charge in [-0.1, -0.05) is 13.3 Å². The molecular weight excluding hydrogens is 359 g/mol. The molecule has 1 N–H and O–H groups in total. The molecule has 2 aromatic rings. The molecule has 7 nitrogen and oxygen atoms in total. The van der Waals surface area contributed by atoms with Gasteiger partial charge in [0, 0.05) is 31.9 Å². The predicted octanol–water partition coefficient (Wildman–Crippen LogP) is 1.65. The first-order chi connectivity index (χ1) is 12.4. The fraction of sp³-hybridized carbons (Fsp3) is 0.412. The van der Waals surface area contributed by atoms with Crippen LogP contribution < -0.4 is 0 Å². The summed E-state index contributed by atoms with van der Waals surface area (Å²) in [5.74, 6) is -0.691. The van der Waals surface area contributed by atoms with E-state index >= 15 is 0 Å². The van der Waals surface area contributed by atoms with E-state index in [1.165, 1.54) is 16.4 Å². The van der Waals surface area contributed by atoms with Crippen LogP contribution in [-0.4, -0.2) is 59.9 Å². The fourth-order valence-electron chi connectivity index (χ4n) is 2.92. The van der Waals surface area contributed by atoms with Crippen LogP contribution in [0.5, 0.6) is 0 Å². The van der Waals surface area contributed by atoms with Crippen LogP contribution >= 0.6 is 0 Å². The zero-order chi connectivity index (χ0) is 18.7. The molecule has 26 heavy (non-hydrogen) atoms. The molecule has 1 fully saturated rings. The second-order valence-corrected chi connectivity index (χ2v) is 8.12. The molecule has 1 aliphatic rings. The number of halogens is 1. The summed E-state index contributed by atoms with van der Waals surface area (Å²) in [4.78, 5) is 14.2. The van der Waals surface area contributed by atoms with Gasteiger partial charge in [0.25, 0.3) is 5.91 Å². The predicted molar refractivity (Wildman–Crippen MR) is 93.6 cm³/mol. The standard InChI is InChI=1S/C17H21FN4O3S/c1-2-3-14-12-16(20-19-14)17(23)21-8-10-22(11-9-21)26(24,25)15-6-4-13(18)5-7-15/h4-7,12H,2-3,8-11H2,1H3,(H,19,20). The molecule has 140 valence electrons. The number of aromatic amines is 1. The Kier molecular flexibility index (Phi) is 5.38. The molecule has 0 aliphatic carbocycles. The van der Waals surface area contributed by atoms with Gasteiger partial charge in [-0.3, -0.25) is 9.89 Å². The molecule has 9 heteroatoms.